The lowest BCUT2D eigenvalue weighted by Crippen LogP contribution is -2.36. The van der Waals surface area contributed by atoms with E-state index in [0.29, 0.717) is 24.4 Å². The second-order valence-corrected chi connectivity index (χ2v) is 8.20. The lowest BCUT2D eigenvalue weighted by molar-refractivity contribution is -0.155. The zero-order valence-corrected chi connectivity index (χ0v) is 16.4. The number of ether oxygens (including phenoxy) is 2. The molecule has 5 heteroatoms. The van der Waals surface area contributed by atoms with Crippen molar-refractivity contribution < 1.29 is 14.3 Å². The maximum absolute atomic E-state index is 12.4. The average molecular weight is 354 g/mol. The van der Waals surface area contributed by atoms with Crippen molar-refractivity contribution in [3.8, 4) is 0 Å². The molecule has 1 saturated carbocycles. The van der Waals surface area contributed by atoms with Gasteiger partial charge in [-0.05, 0) is 44.4 Å². The Morgan fingerprint density at radius 2 is 2.12 bits per heavy atom. The first kappa shape index (κ1) is 19.4. The standard InChI is InChI=1S/C19H31NO3S/c1-6-22-14(5)19-20-15(11-24-19)10-18(21)23-17-9-13(4)7-8-16(17)12(2)3/h11-14,16-17H,6-10H2,1-5H3. The van der Waals surface area contributed by atoms with E-state index in [1.807, 2.05) is 19.2 Å². The van der Waals surface area contributed by atoms with Crippen LogP contribution in [-0.2, 0) is 20.7 Å². The van der Waals surface area contributed by atoms with E-state index in [1.165, 1.54) is 6.42 Å². The molecule has 0 aromatic carbocycles. The Morgan fingerprint density at radius 3 is 2.79 bits per heavy atom. The van der Waals surface area contributed by atoms with E-state index >= 15 is 0 Å². The minimum absolute atomic E-state index is 0.0192. The smallest absolute Gasteiger partial charge is 0.312 e. The SMILES string of the molecule is CCOC(C)c1nc(CC(=O)OC2CC(C)CCC2C(C)C)cs1. The number of aromatic nitrogens is 1. The summed E-state index contributed by atoms with van der Waals surface area (Å²) in [5.74, 6) is 1.51. The van der Waals surface area contributed by atoms with Crippen molar-refractivity contribution in [2.75, 3.05) is 6.61 Å². The first-order chi connectivity index (χ1) is 11.4. The number of carbonyl (C=O) groups excluding carboxylic acids is 1. The van der Waals surface area contributed by atoms with Crippen LogP contribution in [0.2, 0.25) is 0 Å². The van der Waals surface area contributed by atoms with Crippen molar-refractivity contribution in [2.45, 2.75) is 72.5 Å². The summed E-state index contributed by atoms with van der Waals surface area (Å²) in [6.07, 6.45) is 3.67. The molecule has 2 rings (SSSR count). The number of hydrogen-bond acceptors (Lipinski definition) is 5. The molecule has 0 radical (unpaired) electrons. The van der Waals surface area contributed by atoms with Gasteiger partial charge in [0.25, 0.3) is 0 Å². The molecule has 1 heterocycles. The van der Waals surface area contributed by atoms with Crippen LogP contribution in [0.3, 0.4) is 0 Å². The fourth-order valence-corrected chi connectivity index (χ4v) is 4.34. The topological polar surface area (TPSA) is 48.4 Å². The van der Waals surface area contributed by atoms with E-state index in [-0.39, 0.29) is 24.6 Å². The molecule has 1 aliphatic rings. The van der Waals surface area contributed by atoms with Gasteiger partial charge in [0, 0.05) is 12.0 Å². The summed E-state index contributed by atoms with van der Waals surface area (Å²) in [7, 11) is 0. The molecule has 4 unspecified atom stereocenters. The fraction of sp³-hybridized carbons (Fsp3) is 0.789. The van der Waals surface area contributed by atoms with Crippen molar-refractivity contribution >= 4 is 17.3 Å². The number of nitrogens with zero attached hydrogens (tertiary/aromatic N) is 1. The lowest BCUT2D eigenvalue weighted by atomic mass is 9.75. The Morgan fingerprint density at radius 1 is 1.38 bits per heavy atom. The molecule has 1 aliphatic carbocycles. The zero-order chi connectivity index (χ0) is 17.7. The predicted octanol–water partition coefficient (Wildman–Crippen LogP) is 4.79. The van der Waals surface area contributed by atoms with E-state index in [0.717, 1.165) is 23.5 Å². The third-order valence-corrected chi connectivity index (χ3v) is 5.96. The second-order valence-electron chi connectivity index (χ2n) is 7.31. The molecule has 0 spiro atoms. The van der Waals surface area contributed by atoms with Crippen LogP contribution in [0.25, 0.3) is 0 Å². The van der Waals surface area contributed by atoms with Crippen LogP contribution in [0.5, 0.6) is 0 Å². The minimum atomic E-state index is -0.152. The molecule has 24 heavy (non-hydrogen) atoms. The maximum Gasteiger partial charge on any atom is 0.312 e. The van der Waals surface area contributed by atoms with Gasteiger partial charge in [0.2, 0.25) is 0 Å². The molecule has 1 fully saturated rings. The number of rotatable bonds is 7. The monoisotopic (exact) mass is 353 g/mol. The third-order valence-electron chi connectivity index (χ3n) is 4.90. The van der Waals surface area contributed by atoms with Crippen LogP contribution in [0.15, 0.2) is 5.38 Å². The van der Waals surface area contributed by atoms with Gasteiger partial charge in [-0.1, -0.05) is 27.2 Å². The van der Waals surface area contributed by atoms with Gasteiger partial charge in [-0.25, -0.2) is 4.98 Å². The summed E-state index contributed by atoms with van der Waals surface area (Å²) in [5, 5.41) is 2.86. The van der Waals surface area contributed by atoms with Crippen LogP contribution in [0.4, 0.5) is 0 Å². The molecule has 0 bridgehead atoms. The Kier molecular flexibility index (Phi) is 7.23. The number of carbonyl (C=O) groups is 1. The number of hydrogen-bond donors (Lipinski definition) is 0. The first-order valence-electron chi connectivity index (χ1n) is 9.16. The largest absolute Gasteiger partial charge is 0.462 e. The summed E-state index contributed by atoms with van der Waals surface area (Å²) in [4.78, 5) is 16.9. The Bertz CT molecular complexity index is 528. The van der Waals surface area contributed by atoms with E-state index in [4.69, 9.17) is 9.47 Å². The molecular formula is C19H31NO3S. The quantitative estimate of drug-likeness (QED) is 0.661. The highest BCUT2D eigenvalue weighted by Crippen LogP contribution is 2.35. The third kappa shape index (κ3) is 5.28. The van der Waals surface area contributed by atoms with Crippen LogP contribution in [-0.4, -0.2) is 23.7 Å². The molecule has 0 N–H and O–H groups in total. The van der Waals surface area contributed by atoms with E-state index in [2.05, 4.69) is 25.8 Å². The van der Waals surface area contributed by atoms with Crippen molar-refractivity contribution in [3.63, 3.8) is 0 Å². The second kappa shape index (κ2) is 8.95. The van der Waals surface area contributed by atoms with Crippen molar-refractivity contribution in [2.24, 2.45) is 17.8 Å². The van der Waals surface area contributed by atoms with Gasteiger partial charge in [0.15, 0.2) is 0 Å². The van der Waals surface area contributed by atoms with Crippen LogP contribution >= 0.6 is 11.3 Å². The van der Waals surface area contributed by atoms with Gasteiger partial charge >= 0.3 is 5.97 Å². The average Bonchev–Trinajstić information content (AvgIpc) is 2.95. The highest BCUT2D eigenvalue weighted by atomic mass is 32.1. The molecule has 1 aromatic heterocycles. The summed E-state index contributed by atoms with van der Waals surface area (Å²) >= 11 is 1.55. The molecule has 1 aromatic rings. The Hall–Kier alpha value is -0.940. The van der Waals surface area contributed by atoms with Crippen LogP contribution in [0, 0.1) is 17.8 Å². The van der Waals surface area contributed by atoms with Gasteiger partial charge in [-0.2, -0.15) is 0 Å². The summed E-state index contributed by atoms with van der Waals surface area (Å²) in [6.45, 7) is 11.3. The molecule has 136 valence electrons. The van der Waals surface area contributed by atoms with Crippen LogP contribution in [0.1, 0.15) is 70.7 Å². The predicted molar refractivity (Wildman–Crippen MR) is 97.1 cm³/mol. The van der Waals surface area contributed by atoms with Crippen molar-refractivity contribution in [1.82, 2.24) is 4.98 Å². The molecule has 0 saturated heterocycles. The van der Waals surface area contributed by atoms with E-state index in [9.17, 15) is 4.79 Å². The highest BCUT2D eigenvalue weighted by Gasteiger charge is 2.33. The number of thiazole rings is 1. The minimum Gasteiger partial charge on any atom is -0.462 e. The van der Waals surface area contributed by atoms with Gasteiger partial charge in [-0.3, -0.25) is 4.79 Å². The fourth-order valence-electron chi connectivity index (χ4n) is 3.52. The Balaban J connectivity index is 1.92. The summed E-state index contributed by atoms with van der Waals surface area (Å²) in [5.41, 5.74) is 0.788. The molecule has 0 aliphatic heterocycles. The summed E-state index contributed by atoms with van der Waals surface area (Å²) < 4.78 is 11.4. The lowest BCUT2D eigenvalue weighted by Gasteiger charge is -2.36. The van der Waals surface area contributed by atoms with Gasteiger partial charge in [0.1, 0.15) is 17.2 Å². The van der Waals surface area contributed by atoms with E-state index in [1.54, 1.807) is 11.3 Å². The first-order valence-corrected chi connectivity index (χ1v) is 10.0. The molecular weight excluding hydrogens is 322 g/mol. The van der Waals surface area contributed by atoms with Crippen molar-refractivity contribution in [3.05, 3.63) is 16.1 Å². The molecule has 4 nitrogen and oxygen atoms in total. The van der Waals surface area contributed by atoms with Crippen molar-refractivity contribution in [1.29, 1.82) is 0 Å². The maximum atomic E-state index is 12.4. The highest BCUT2D eigenvalue weighted by molar-refractivity contribution is 7.09. The molecule has 0 amide bonds. The van der Waals surface area contributed by atoms with E-state index < -0.39 is 0 Å². The molecule has 4 atom stereocenters. The van der Waals surface area contributed by atoms with Gasteiger partial charge < -0.3 is 9.47 Å². The Labute approximate surface area is 150 Å². The van der Waals surface area contributed by atoms with Crippen LogP contribution < -0.4 is 0 Å². The number of esters is 1. The summed E-state index contributed by atoms with van der Waals surface area (Å²) in [6, 6.07) is 0. The van der Waals surface area contributed by atoms with Gasteiger partial charge in [-0.15, -0.1) is 11.3 Å². The zero-order valence-electron chi connectivity index (χ0n) is 15.6. The van der Waals surface area contributed by atoms with Gasteiger partial charge in [0.05, 0.1) is 12.1 Å². The normalized spacial score (nSPS) is 25.7.